The van der Waals surface area contributed by atoms with Crippen molar-refractivity contribution in [3.63, 3.8) is 0 Å². The molecule has 2 unspecified atom stereocenters. The number of nitrogens with one attached hydrogen (secondary N) is 1. The summed E-state index contributed by atoms with van der Waals surface area (Å²) in [6.45, 7) is 6.64. The van der Waals surface area contributed by atoms with Crippen LogP contribution in [0.2, 0.25) is 0 Å². The van der Waals surface area contributed by atoms with E-state index in [1.54, 1.807) is 0 Å². The molecule has 116 valence electrons. The van der Waals surface area contributed by atoms with Gasteiger partial charge in [0, 0.05) is 19.7 Å². The molecule has 3 N–H and O–H groups in total. The Kier molecular flexibility index (Phi) is 4.10. The Hall–Kier alpha value is -1.63. The van der Waals surface area contributed by atoms with E-state index in [-0.39, 0.29) is 12.0 Å². The van der Waals surface area contributed by atoms with Crippen molar-refractivity contribution in [1.82, 2.24) is 15.0 Å². The van der Waals surface area contributed by atoms with Crippen LogP contribution in [0.1, 0.15) is 33.1 Å². The van der Waals surface area contributed by atoms with Crippen molar-refractivity contribution in [1.29, 1.82) is 0 Å². The molecule has 1 aliphatic heterocycles. The Balaban J connectivity index is 1.75. The maximum Gasteiger partial charge on any atom is 0.231 e. The first-order valence-electron chi connectivity index (χ1n) is 7.86. The molecule has 2 aliphatic rings. The molecule has 0 spiro atoms. The number of ether oxygens (including phenoxy) is 1. The highest BCUT2D eigenvalue weighted by atomic mass is 16.5. The Morgan fingerprint density at radius 3 is 2.62 bits per heavy atom. The molecule has 2 atom stereocenters. The number of aromatic nitrogens is 3. The normalized spacial score (nSPS) is 25.0. The Labute approximate surface area is 125 Å². The number of hydrogen-bond acceptors (Lipinski definition) is 7. The van der Waals surface area contributed by atoms with Gasteiger partial charge in [-0.3, -0.25) is 0 Å². The van der Waals surface area contributed by atoms with Crippen molar-refractivity contribution in [2.24, 2.45) is 5.92 Å². The molecular weight excluding hydrogens is 268 g/mol. The smallest absolute Gasteiger partial charge is 0.231 e. The summed E-state index contributed by atoms with van der Waals surface area (Å²) in [5.41, 5.74) is 5.83. The minimum atomic E-state index is 0.260. The molecule has 7 heteroatoms. The van der Waals surface area contributed by atoms with Gasteiger partial charge in [0.2, 0.25) is 17.8 Å². The monoisotopic (exact) mass is 292 g/mol. The largest absolute Gasteiger partial charge is 0.376 e. The van der Waals surface area contributed by atoms with Crippen LogP contribution in [0.15, 0.2) is 0 Å². The molecule has 7 nitrogen and oxygen atoms in total. The maximum atomic E-state index is 5.84. The van der Waals surface area contributed by atoms with E-state index in [1.165, 1.54) is 12.8 Å². The van der Waals surface area contributed by atoms with Crippen LogP contribution >= 0.6 is 0 Å². The van der Waals surface area contributed by atoms with Crippen LogP contribution in [0.5, 0.6) is 0 Å². The van der Waals surface area contributed by atoms with E-state index >= 15 is 0 Å². The average molecular weight is 292 g/mol. The van der Waals surface area contributed by atoms with E-state index in [0.717, 1.165) is 26.1 Å². The van der Waals surface area contributed by atoms with Gasteiger partial charge >= 0.3 is 0 Å². The van der Waals surface area contributed by atoms with Crippen LogP contribution in [-0.4, -0.2) is 46.8 Å². The van der Waals surface area contributed by atoms with Crippen molar-refractivity contribution in [3.8, 4) is 0 Å². The van der Waals surface area contributed by atoms with Gasteiger partial charge in [0.25, 0.3) is 0 Å². The molecule has 0 aromatic carbocycles. The van der Waals surface area contributed by atoms with E-state index in [4.69, 9.17) is 10.5 Å². The third-order valence-corrected chi connectivity index (χ3v) is 4.22. The quantitative estimate of drug-likeness (QED) is 0.816. The van der Waals surface area contributed by atoms with E-state index in [0.29, 0.717) is 23.9 Å². The average Bonchev–Trinajstić information content (AvgIpc) is 3.20. The summed E-state index contributed by atoms with van der Waals surface area (Å²) in [4.78, 5) is 15.0. The van der Waals surface area contributed by atoms with Gasteiger partial charge in [0.15, 0.2) is 0 Å². The van der Waals surface area contributed by atoms with Crippen LogP contribution in [-0.2, 0) is 4.74 Å². The number of nitrogens with two attached hydrogens (primary N) is 1. The van der Waals surface area contributed by atoms with Crippen LogP contribution in [0.4, 0.5) is 17.8 Å². The second-order valence-corrected chi connectivity index (χ2v) is 5.70. The van der Waals surface area contributed by atoms with Gasteiger partial charge in [-0.05, 0) is 39.0 Å². The highest BCUT2D eigenvalue weighted by molar-refractivity contribution is 5.42. The number of nitrogens with zero attached hydrogens (tertiary/aromatic N) is 4. The van der Waals surface area contributed by atoms with Gasteiger partial charge in [0.1, 0.15) is 0 Å². The first kappa shape index (κ1) is 14.3. The number of hydrogen-bond donors (Lipinski definition) is 2. The van der Waals surface area contributed by atoms with Gasteiger partial charge in [-0.1, -0.05) is 0 Å². The summed E-state index contributed by atoms with van der Waals surface area (Å²) in [5.74, 6) is 2.16. The van der Waals surface area contributed by atoms with E-state index < -0.39 is 0 Å². The minimum absolute atomic E-state index is 0.260. The summed E-state index contributed by atoms with van der Waals surface area (Å²) in [6, 6.07) is 0.281. The third kappa shape index (κ3) is 3.18. The summed E-state index contributed by atoms with van der Waals surface area (Å²) in [5, 5.41) is 3.40. The van der Waals surface area contributed by atoms with E-state index in [2.05, 4.69) is 39.0 Å². The predicted octanol–water partition coefficient (Wildman–Crippen LogP) is 1.28. The fourth-order valence-electron chi connectivity index (χ4n) is 2.91. The standard InChI is InChI=1S/C14H24N6O/c1-3-20(4-2)14-18-12(15)17-13(19-14)16-10-7-8-21-11(10)9-5-6-9/h9-11H,3-8H2,1-2H3,(H3,15,16,17,18,19). The van der Waals surface area contributed by atoms with Crippen LogP contribution in [0.25, 0.3) is 0 Å². The Morgan fingerprint density at radius 2 is 1.95 bits per heavy atom. The molecule has 3 rings (SSSR count). The molecular formula is C14H24N6O. The number of nitrogen functional groups attached to an aromatic ring is 1. The highest BCUT2D eigenvalue weighted by Gasteiger charge is 2.40. The lowest BCUT2D eigenvalue weighted by atomic mass is 10.1. The SMILES string of the molecule is CCN(CC)c1nc(N)nc(NC2CCOC2C2CC2)n1. The molecule has 21 heavy (non-hydrogen) atoms. The van der Waals surface area contributed by atoms with Gasteiger partial charge in [-0.2, -0.15) is 15.0 Å². The zero-order valence-electron chi connectivity index (χ0n) is 12.7. The van der Waals surface area contributed by atoms with Crippen molar-refractivity contribution in [3.05, 3.63) is 0 Å². The van der Waals surface area contributed by atoms with Crippen molar-refractivity contribution in [2.75, 3.05) is 35.6 Å². The summed E-state index contributed by atoms with van der Waals surface area (Å²) in [6.07, 6.45) is 3.83. The van der Waals surface area contributed by atoms with Crippen LogP contribution < -0.4 is 16.0 Å². The second kappa shape index (κ2) is 6.01. The molecule has 1 aliphatic carbocycles. The zero-order chi connectivity index (χ0) is 14.8. The molecule has 1 saturated carbocycles. The molecule has 1 saturated heterocycles. The molecule has 2 heterocycles. The molecule has 0 amide bonds. The molecule has 0 radical (unpaired) electrons. The lowest BCUT2D eigenvalue weighted by molar-refractivity contribution is 0.0897. The van der Waals surface area contributed by atoms with E-state index in [9.17, 15) is 0 Å². The lowest BCUT2D eigenvalue weighted by Gasteiger charge is -2.22. The zero-order valence-corrected chi connectivity index (χ0v) is 12.7. The van der Waals surface area contributed by atoms with Crippen LogP contribution in [0, 0.1) is 5.92 Å². The minimum Gasteiger partial charge on any atom is -0.376 e. The van der Waals surface area contributed by atoms with Crippen molar-refractivity contribution < 1.29 is 4.74 Å². The summed E-state index contributed by atoms with van der Waals surface area (Å²) < 4.78 is 5.84. The summed E-state index contributed by atoms with van der Waals surface area (Å²) >= 11 is 0. The van der Waals surface area contributed by atoms with E-state index in [1.807, 2.05) is 0 Å². The fourth-order valence-corrected chi connectivity index (χ4v) is 2.91. The first-order valence-corrected chi connectivity index (χ1v) is 7.86. The fraction of sp³-hybridized carbons (Fsp3) is 0.786. The molecule has 1 aromatic rings. The molecule has 0 bridgehead atoms. The predicted molar refractivity (Wildman–Crippen MR) is 82.3 cm³/mol. The lowest BCUT2D eigenvalue weighted by Crippen LogP contribution is -2.32. The summed E-state index contributed by atoms with van der Waals surface area (Å²) in [7, 11) is 0. The Morgan fingerprint density at radius 1 is 1.19 bits per heavy atom. The number of rotatable bonds is 6. The van der Waals surface area contributed by atoms with Crippen molar-refractivity contribution >= 4 is 17.8 Å². The first-order chi connectivity index (χ1) is 10.2. The van der Waals surface area contributed by atoms with Gasteiger partial charge in [-0.15, -0.1) is 0 Å². The second-order valence-electron chi connectivity index (χ2n) is 5.70. The van der Waals surface area contributed by atoms with Crippen LogP contribution in [0.3, 0.4) is 0 Å². The molecule has 2 fully saturated rings. The Bertz CT molecular complexity index is 488. The maximum absolute atomic E-state index is 5.84. The van der Waals surface area contributed by atoms with Gasteiger partial charge in [0.05, 0.1) is 12.1 Å². The topological polar surface area (TPSA) is 89.2 Å². The van der Waals surface area contributed by atoms with Crippen molar-refractivity contribution in [2.45, 2.75) is 45.3 Å². The number of anilines is 3. The molecule has 1 aromatic heterocycles. The third-order valence-electron chi connectivity index (χ3n) is 4.22. The van der Waals surface area contributed by atoms with Gasteiger partial charge in [-0.25, -0.2) is 0 Å². The highest BCUT2D eigenvalue weighted by Crippen LogP contribution is 2.39. The van der Waals surface area contributed by atoms with Gasteiger partial charge < -0.3 is 20.7 Å².